The zero-order chi connectivity index (χ0) is 11.8. The van der Waals surface area contributed by atoms with Crippen LogP contribution in [0.25, 0.3) is 0 Å². The van der Waals surface area contributed by atoms with E-state index in [9.17, 15) is 0 Å². The number of ether oxygens (including phenoxy) is 3. The first kappa shape index (κ1) is 13.9. The van der Waals surface area contributed by atoms with Gasteiger partial charge in [-0.2, -0.15) is 0 Å². The van der Waals surface area contributed by atoms with Crippen molar-refractivity contribution in [1.82, 2.24) is 0 Å². The van der Waals surface area contributed by atoms with Gasteiger partial charge in [-0.15, -0.1) is 0 Å². The Morgan fingerprint density at radius 2 is 1.75 bits per heavy atom. The van der Waals surface area contributed by atoms with Crippen molar-refractivity contribution in [2.24, 2.45) is 5.92 Å². The van der Waals surface area contributed by atoms with Crippen LogP contribution in [0.1, 0.15) is 45.4 Å². The van der Waals surface area contributed by atoms with Crippen molar-refractivity contribution in [3.05, 3.63) is 0 Å². The molecule has 1 fully saturated rings. The van der Waals surface area contributed by atoms with Gasteiger partial charge in [0.05, 0.1) is 6.10 Å². The van der Waals surface area contributed by atoms with Crippen LogP contribution in [0.3, 0.4) is 0 Å². The molecule has 0 N–H and O–H groups in total. The molecular weight excluding hydrogens is 204 g/mol. The monoisotopic (exact) mass is 230 g/mol. The molecule has 0 bridgehead atoms. The average molecular weight is 230 g/mol. The van der Waals surface area contributed by atoms with Crippen LogP contribution in [0.5, 0.6) is 0 Å². The molecule has 3 nitrogen and oxygen atoms in total. The smallest absolute Gasteiger partial charge is 0.156 e. The Hall–Kier alpha value is -0.120. The second kappa shape index (κ2) is 8.04. The Labute approximate surface area is 99.5 Å². The molecule has 0 heterocycles. The molecule has 0 spiro atoms. The van der Waals surface area contributed by atoms with Gasteiger partial charge in [-0.05, 0) is 38.0 Å². The summed E-state index contributed by atoms with van der Waals surface area (Å²) in [6, 6.07) is 0. The maximum atomic E-state index is 5.75. The van der Waals surface area contributed by atoms with Gasteiger partial charge in [0, 0.05) is 20.8 Å². The Balaban J connectivity index is 1.81. The van der Waals surface area contributed by atoms with Gasteiger partial charge in [0.2, 0.25) is 0 Å². The molecule has 0 aromatic carbocycles. The second-order valence-corrected chi connectivity index (χ2v) is 4.82. The van der Waals surface area contributed by atoms with E-state index >= 15 is 0 Å². The molecule has 96 valence electrons. The number of rotatable bonds is 9. The molecule has 1 rings (SSSR count). The van der Waals surface area contributed by atoms with E-state index in [-0.39, 0.29) is 6.29 Å². The summed E-state index contributed by atoms with van der Waals surface area (Å²) in [5.41, 5.74) is 0. The summed E-state index contributed by atoms with van der Waals surface area (Å²) in [7, 11) is 3.38. The maximum Gasteiger partial charge on any atom is 0.156 e. The van der Waals surface area contributed by atoms with E-state index in [4.69, 9.17) is 14.2 Å². The summed E-state index contributed by atoms with van der Waals surface area (Å²) in [6.07, 6.45) is 7.53. The first-order valence-electron chi connectivity index (χ1n) is 6.43. The number of hydrogen-bond donors (Lipinski definition) is 0. The predicted octanol–water partition coefficient (Wildman–Crippen LogP) is 2.98. The molecule has 1 aliphatic carbocycles. The van der Waals surface area contributed by atoms with Crippen LogP contribution in [0, 0.1) is 5.92 Å². The Kier molecular flexibility index (Phi) is 7.01. The Morgan fingerprint density at radius 1 is 1.06 bits per heavy atom. The average Bonchev–Trinajstić information content (AvgIpc) is 2.25. The van der Waals surface area contributed by atoms with E-state index in [0.717, 1.165) is 31.8 Å². The molecule has 0 saturated heterocycles. The van der Waals surface area contributed by atoms with Crippen LogP contribution in [0.15, 0.2) is 0 Å². The lowest BCUT2D eigenvalue weighted by atomic mass is 9.84. The second-order valence-electron chi connectivity index (χ2n) is 4.82. The summed E-state index contributed by atoms with van der Waals surface area (Å²) in [5, 5.41) is 0. The van der Waals surface area contributed by atoms with Crippen molar-refractivity contribution in [3.63, 3.8) is 0 Å². The summed E-state index contributed by atoms with van der Waals surface area (Å²) in [5.74, 6) is 0.883. The molecule has 0 radical (unpaired) electrons. The Bertz CT molecular complexity index is 163. The molecule has 0 aliphatic heterocycles. The van der Waals surface area contributed by atoms with Crippen molar-refractivity contribution in [2.75, 3.05) is 20.8 Å². The molecule has 1 saturated carbocycles. The highest BCUT2D eigenvalue weighted by atomic mass is 16.7. The van der Waals surface area contributed by atoms with Gasteiger partial charge in [0.25, 0.3) is 0 Å². The first-order valence-corrected chi connectivity index (χ1v) is 6.43. The quantitative estimate of drug-likeness (QED) is 0.450. The van der Waals surface area contributed by atoms with E-state index in [0.29, 0.717) is 6.10 Å². The highest BCUT2D eigenvalue weighted by Gasteiger charge is 2.25. The summed E-state index contributed by atoms with van der Waals surface area (Å²) >= 11 is 0. The fourth-order valence-electron chi connectivity index (χ4n) is 2.14. The van der Waals surface area contributed by atoms with E-state index in [1.165, 1.54) is 19.3 Å². The van der Waals surface area contributed by atoms with Gasteiger partial charge in [-0.3, -0.25) is 0 Å². The van der Waals surface area contributed by atoms with Crippen molar-refractivity contribution >= 4 is 0 Å². The molecule has 0 aromatic heterocycles. The van der Waals surface area contributed by atoms with Crippen molar-refractivity contribution < 1.29 is 14.2 Å². The predicted molar refractivity (Wildman–Crippen MR) is 64.4 cm³/mol. The minimum atomic E-state index is -0.0339. The minimum Gasteiger partial charge on any atom is -0.378 e. The van der Waals surface area contributed by atoms with Crippen LogP contribution in [-0.2, 0) is 14.2 Å². The van der Waals surface area contributed by atoms with Crippen LogP contribution in [-0.4, -0.2) is 33.2 Å². The Morgan fingerprint density at radius 3 is 2.31 bits per heavy atom. The fraction of sp³-hybridized carbons (Fsp3) is 1.00. The van der Waals surface area contributed by atoms with Gasteiger partial charge in [0.1, 0.15) is 0 Å². The lowest BCUT2D eigenvalue weighted by molar-refractivity contribution is -0.107. The van der Waals surface area contributed by atoms with E-state index in [1.807, 2.05) is 0 Å². The van der Waals surface area contributed by atoms with Crippen LogP contribution in [0.2, 0.25) is 0 Å². The van der Waals surface area contributed by atoms with Crippen LogP contribution >= 0.6 is 0 Å². The van der Waals surface area contributed by atoms with Crippen molar-refractivity contribution in [1.29, 1.82) is 0 Å². The van der Waals surface area contributed by atoms with Crippen LogP contribution in [0.4, 0.5) is 0 Å². The lowest BCUT2D eigenvalue weighted by Gasteiger charge is -2.32. The van der Waals surface area contributed by atoms with E-state index in [1.54, 1.807) is 14.2 Å². The zero-order valence-corrected chi connectivity index (χ0v) is 10.9. The molecule has 16 heavy (non-hydrogen) atoms. The van der Waals surface area contributed by atoms with Crippen LogP contribution < -0.4 is 0 Å². The third kappa shape index (κ3) is 5.28. The number of hydrogen-bond acceptors (Lipinski definition) is 3. The molecular formula is C13H26O3. The third-order valence-electron chi connectivity index (χ3n) is 3.29. The number of unbranched alkanes of at least 4 members (excludes halogenated alkanes) is 2. The van der Waals surface area contributed by atoms with Crippen molar-refractivity contribution in [3.8, 4) is 0 Å². The topological polar surface area (TPSA) is 27.7 Å². The maximum absolute atomic E-state index is 5.75. The molecule has 0 amide bonds. The third-order valence-corrected chi connectivity index (χ3v) is 3.29. The molecule has 0 aromatic rings. The standard InChI is InChI=1S/C13H26O3/c1-11-9-12(10-11)16-8-6-4-5-7-13(14-2)15-3/h11-13H,4-10H2,1-3H3. The highest BCUT2D eigenvalue weighted by Crippen LogP contribution is 2.29. The minimum absolute atomic E-state index is 0.0339. The lowest BCUT2D eigenvalue weighted by Crippen LogP contribution is -2.29. The van der Waals surface area contributed by atoms with Gasteiger partial charge < -0.3 is 14.2 Å². The van der Waals surface area contributed by atoms with E-state index in [2.05, 4.69) is 6.92 Å². The SMILES string of the molecule is COC(CCCCCOC1CC(C)C1)OC. The summed E-state index contributed by atoms with van der Waals surface area (Å²) in [4.78, 5) is 0. The molecule has 0 atom stereocenters. The van der Waals surface area contributed by atoms with Gasteiger partial charge in [-0.1, -0.05) is 13.3 Å². The van der Waals surface area contributed by atoms with Crippen molar-refractivity contribution in [2.45, 2.75) is 57.8 Å². The normalized spacial score (nSPS) is 24.8. The van der Waals surface area contributed by atoms with Gasteiger partial charge in [-0.25, -0.2) is 0 Å². The summed E-state index contributed by atoms with van der Waals surface area (Å²) in [6.45, 7) is 3.21. The highest BCUT2D eigenvalue weighted by molar-refractivity contribution is 4.76. The van der Waals surface area contributed by atoms with E-state index < -0.39 is 0 Å². The zero-order valence-electron chi connectivity index (χ0n) is 10.9. The summed E-state index contributed by atoms with van der Waals surface area (Å²) < 4.78 is 16.0. The molecule has 1 aliphatic rings. The number of methoxy groups -OCH3 is 2. The first-order chi connectivity index (χ1) is 7.76. The molecule has 0 unspecified atom stereocenters. The molecule has 3 heteroatoms. The van der Waals surface area contributed by atoms with Gasteiger partial charge >= 0.3 is 0 Å². The largest absolute Gasteiger partial charge is 0.378 e. The fourth-order valence-corrected chi connectivity index (χ4v) is 2.14. The van der Waals surface area contributed by atoms with Gasteiger partial charge in [0.15, 0.2) is 6.29 Å².